The molecule has 0 bridgehead atoms. The van der Waals surface area contributed by atoms with Gasteiger partial charge in [-0.3, -0.25) is 9.69 Å². The Labute approximate surface area is 144 Å². The zero-order chi connectivity index (χ0) is 17.2. The first kappa shape index (κ1) is 15.8. The van der Waals surface area contributed by atoms with Crippen molar-refractivity contribution in [3.05, 3.63) is 70.4 Å². The highest BCUT2D eigenvalue weighted by atomic mass is 19.1. The van der Waals surface area contributed by atoms with E-state index in [9.17, 15) is 9.18 Å². The molecule has 3 aromatic rings. The number of hydrogen-bond donors (Lipinski definition) is 1. The fourth-order valence-corrected chi connectivity index (χ4v) is 3.24. The van der Waals surface area contributed by atoms with Crippen molar-refractivity contribution >= 4 is 16.7 Å². The van der Waals surface area contributed by atoms with Gasteiger partial charge >= 0.3 is 0 Å². The molecular formula is C19H19FN4O. The molecule has 1 saturated heterocycles. The van der Waals surface area contributed by atoms with Crippen molar-refractivity contribution in [3.8, 4) is 0 Å². The van der Waals surface area contributed by atoms with E-state index in [1.807, 2.05) is 35.2 Å². The molecule has 5 nitrogen and oxygen atoms in total. The van der Waals surface area contributed by atoms with E-state index < -0.39 is 0 Å². The molecule has 1 aromatic heterocycles. The number of nitrogens with one attached hydrogen (secondary N) is 1. The molecule has 1 aliphatic rings. The van der Waals surface area contributed by atoms with Crippen LogP contribution in [0.2, 0.25) is 0 Å². The van der Waals surface area contributed by atoms with Gasteiger partial charge in [0.1, 0.15) is 11.5 Å². The van der Waals surface area contributed by atoms with Gasteiger partial charge in [-0.15, -0.1) is 0 Å². The van der Waals surface area contributed by atoms with Crippen molar-refractivity contribution in [2.24, 2.45) is 0 Å². The molecule has 0 radical (unpaired) electrons. The topological polar surface area (TPSA) is 52.2 Å². The van der Waals surface area contributed by atoms with Crippen molar-refractivity contribution in [3.63, 3.8) is 0 Å². The van der Waals surface area contributed by atoms with Crippen LogP contribution in [0.25, 0.3) is 11.0 Å². The van der Waals surface area contributed by atoms with Crippen LogP contribution < -0.4 is 10.5 Å². The molecule has 25 heavy (non-hydrogen) atoms. The Hall–Kier alpha value is -2.73. The second-order valence-corrected chi connectivity index (χ2v) is 6.24. The van der Waals surface area contributed by atoms with Crippen LogP contribution in [0.3, 0.4) is 0 Å². The van der Waals surface area contributed by atoms with Gasteiger partial charge in [0.2, 0.25) is 0 Å². The number of nitrogens with zero attached hydrogens (tertiary/aromatic N) is 3. The van der Waals surface area contributed by atoms with Crippen LogP contribution in [0.15, 0.2) is 53.3 Å². The minimum atomic E-state index is -0.191. The monoisotopic (exact) mass is 338 g/mol. The van der Waals surface area contributed by atoms with Gasteiger partial charge in [-0.25, -0.2) is 9.37 Å². The summed E-state index contributed by atoms with van der Waals surface area (Å²) in [6.45, 7) is 3.49. The zero-order valence-corrected chi connectivity index (χ0v) is 13.8. The van der Waals surface area contributed by atoms with Crippen molar-refractivity contribution < 1.29 is 4.39 Å². The number of benzene rings is 2. The predicted octanol–water partition coefficient (Wildman–Crippen LogP) is 2.38. The summed E-state index contributed by atoms with van der Waals surface area (Å²) in [4.78, 5) is 23.8. The third-order valence-electron chi connectivity index (χ3n) is 4.61. The molecular weight excluding hydrogens is 319 g/mol. The number of fused-ring (bicyclic) bond motifs is 1. The molecule has 0 atom stereocenters. The number of piperazine rings is 1. The van der Waals surface area contributed by atoms with Crippen LogP contribution in [0.4, 0.5) is 10.1 Å². The minimum absolute atomic E-state index is 0.143. The lowest BCUT2D eigenvalue weighted by atomic mass is 10.2. The summed E-state index contributed by atoms with van der Waals surface area (Å²) >= 11 is 0. The second kappa shape index (κ2) is 6.64. The Morgan fingerprint density at radius 2 is 1.72 bits per heavy atom. The Balaban J connectivity index is 1.46. The van der Waals surface area contributed by atoms with Crippen molar-refractivity contribution in [1.82, 2.24) is 14.9 Å². The number of halogens is 1. The summed E-state index contributed by atoms with van der Waals surface area (Å²) in [5.74, 6) is -0.191. The van der Waals surface area contributed by atoms with E-state index in [1.165, 1.54) is 6.07 Å². The van der Waals surface area contributed by atoms with Crippen molar-refractivity contribution in [2.45, 2.75) is 6.54 Å². The first-order valence-corrected chi connectivity index (χ1v) is 8.40. The Kier molecular flexibility index (Phi) is 4.19. The smallest absolute Gasteiger partial charge is 0.271 e. The van der Waals surface area contributed by atoms with Gasteiger partial charge in [0.25, 0.3) is 5.56 Å². The maximum absolute atomic E-state index is 13.9. The van der Waals surface area contributed by atoms with Crippen LogP contribution in [-0.2, 0) is 6.54 Å². The molecule has 128 valence electrons. The van der Waals surface area contributed by atoms with Gasteiger partial charge in [-0.1, -0.05) is 24.3 Å². The SMILES string of the molecule is O=c1[nH]c2ccccc2nc1CN1CCN(c2ccccc2F)CC1. The van der Waals surface area contributed by atoms with Crippen molar-refractivity contribution in [2.75, 3.05) is 31.1 Å². The van der Waals surface area contributed by atoms with E-state index >= 15 is 0 Å². The Morgan fingerprint density at radius 1 is 1.00 bits per heavy atom. The molecule has 0 amide bonds. The van der Waals surface area contributed by atoms with E-state index in [4.69, 9.17) is 0 Å². The van der Waals surface area contributed by atoms with Gasteiger partial charge in [0.15, 0.2) is 0 Å². The average molecular weight is 338 g/mol. The first-order valence-electron chi connectivity index (χ1n) is 8.40. The molecule has 1 fully saturated rings. The average Bonchev–Trinajstić information content (AvgIpc) is 2.63. The van der Waals surface area contributed by atoms with E-state index in [0.717, 1.165) is 37.2 Å². The number of para-hydroxylation sites is 3. The fraction of sp³-hybridized carbons (Fsp3) is 0.263. The number of anilines is 1. The van der Waals surface area contributed by atoms with Crippen LogP contribution in [0, 0.1) is 5.82 Å². The predicted molar refractivity (Wildman–Crippen MR) is 96.3 cm³/mol. The molecule has 1 N–H and O–H groups in total. The van der Waals surface area contributed by atoms with Gasteiger partial charge in [-0.05, 0) is 24.3 Å². The molecule has 6 heteroatoms. The van der Waals surface area contributed by atoms with Crippen molar-refractivity contribution in [1.29, 1.82) is 0 Å². The molecule has 0 saturated carbocycles. The zero-order valence-electron chi connectivity index (χ0n) is 13.8. The van der Waals surface area contributed by atoms with Gasteiger partial charge in [-0.2, -0.15) is 0 Å². The lowest BCUT2D eigenvalue weighted by Gasteiger charge is -2.35. The fourth-order valence-electron chi connectivity index (χ4n) is 3.24. The number of aromatic amines is 1. The van der Waals surface area contributed by atoms with Crippen LogP contribution in [-0.4, -0.2) is 41.0 Å². The van der Waals surface area contributed by atoms with Crippen LogP contribution in [0.5, 0.6) is 0 Å². The summed E-state index contributed by atoms with van der Waals surface area (Å²) in [5.41, 5.74) is 2.57. The van der Waals surface area contributed by atoms with Crippen LogP contribution in [0.1, 0.15) is 5.69 Å². The molecule has 0 spiro atoms. The molecule has 0 unspecified atom stereocenters. The summed E-state index contributed by atoms with van der Waals surface area (Å²) in [6.07, 6.45) is 0. The molecule has 4 rings (SSSR count). The Bertz CT molecular complexity index is 947. The highest BCUT2D eigenvalue weighted by Gasteiger charge is 2.20. The highest BCUT2D eigenvalue weighted by Crippen LogP contribution is 2.20. The summed E-state index contributed by atoms with van der Waals surface area (Å²) in [7, 11) is 0. The maximum Gasteiger partial charge on any atom is 0.271 e. The highest BCUT2D eigenvalue weighted by molar-refractivity contribution is 5.73. The number of H-pyrrole nitrogens is 1. The number of hydrogen-bond acceptors (Lipinski definition) is 4. The van der Waals surface area contributed by atoms with E-state index in [-0.39, 0.29) is 11.4 Å². The molecule has 1 aliphatic heterocycles. The Morgan fingerprint density at radius 3 is 2.52 bits per heavy atom. The summed E-state index contributed by atoms with van der Waals surface area (Å²) in [6, 6.07) is 14.4. The lowest BCUT2D eigenvalue weighted by Crippen LogP contribution is -2.46. The minimum Gasteiger partial charge on any atom is -0.367 e. The van der Waals surface area contributed by atoms with Crippen LogP contribution >= 0.6 is 0 Å². The molecule has 2 aromatic carbocycles. The third-order valence-corrected chi connectivity index (χ3v) is 4.61. The van der Waals surface area contributed by atoms with E-state index in [0.29, 0.717) is 17.9 Å². The number of aromatic nitrogens is 2. The quantitative estimate of drug-likeness (QED) is 0.797. The summed E-state index contributed by atoms with van der Waals surface area (Å²) in [5, 5.41) is 0. The normalized spacial score (nSPS) is 15.6. The number of rotatable bonds is 3. The third kappa shape index (κ3) is 3.25. The van der Waals surface area contributed by atoms with Gasteiger partial charge in [0, 0.05) is 32.7 Å². The molecule has 2 heterocycles. The van der Waals surface area contributed by atoms with E-state index in [2.05, 4.69) is 14.9 Å². The second-order valence-electron chi connectivity index (χ2n) is 6.24. The van der Waals surface area contributed by atoms with Gasteiger partial charge < -0.3 is 9.88 Å². The largest absolute Gasteiger partial charge is 0.367 e. The van der Waals surface area contributed by atoms with E-state index in [1.54, 1.807) is 12.1 Å². The maximum atomic E-state index is 13.9. The molecule has 0 aliphatic carbocycles. The first-order chi connectivity index (χ1) is 12.2. The lowest BCUT2D eigenvalue weighted by molar-refractivity contribution is 0.245. The summed E-state index contributed by atoms with van der Waals surface area (Å²) < 4.78 is 13.9. The van der Waals surface area contributed by atoms with Gasteiger partial charge in [0.05, 0.1) is 16.7 Å². The standard InChI is InChI=1S/C19H19FN4O/c20-14-5-1-4-8-18(14)24-11-9-23(10-12-24)13-17-19(25)22-16-7-3-2-6-15(16)21-17/h1-8H,9-13H2,(H,22,25).